The largest absolute Gasteiger partial charge is 0.505 e. The average molecular weight is 311 g/mol. The average Bonchev–Trinajstić information content (AvgIpc) is 2.55. The number of aliphatic hydroxyl groups excluding tert-OH is 1. The highest BCUT2D eigenvalue weighted by Gasteiger charge is 2.13. The second-order valence-electron chi connectivity index (χ2n) is 4.60. The van der Waals surface area contributed by atoms with Crippen LogP contribution in [0, 0.1) is 10.1 Å². The van der Waals surface area contributed by atoms with Crippen LogP contribution in [-0.2, 0) is 4.79 Å². The number of non-ortho nitro benzene ring substituents is 1. The molecule has 0 atom stereocenters. The number of aliphatic hydroxyl groups is 1. The normalized spacial score (nSPS) is 12.0. The van der Waals surface area contributed by atoms with Crippen LogP contribution in [0.5, 0.6) is 0 Å². The van der Waals surface area contributed by atoms with Crippen LogP contribution in [0.2, 0.25) is 0 Å². The Morgan fingerprint density at radius 1 is 1.13 bits per heavy atom. The molecule has 0 bridgehead atoms. The Morgan fingerprint density at radius 2 is 1.83 bits per heavy atom. The standard InChI is InChI=1S/C16H13N3O4/c1-11(20)15(16(21)12-6-3-2-4-7-12)18-17-13-8-5-9-14(10-13)19(22)23/h2-10,21H,1H3/b16-15-,18-17?. The molecule has 0 amide bonds. The van der Waals surface area contributed by atoms with Crippen molar-refractivity contribution < 1.29 is 14.8 Å². The molecule has 0 aliphatic carbocycles. The van der Waals surface area contributed by atoms with Crippen LogP contribution in [-0.4, -0.2) is 15.8 Å². The summed E-state index contributed by atoms with van der Waals surface area (Å²) < 4.78 is 0. The highest BCUT2D eigenvalue weighted by molar-refractivity contribution is 5.99. The van der Waals surface area contributed by atoms with Crippen LogP contribution in [0.1, 0.15) is 12.5 Å². The molecule has 7 nitrogen and oxygen atoms in total. The van der Waals surface area contributed by atoms with Gasteiger partial charge in [-0.05, 0) is 6.07 Å². The lowest BCUT2D eigenvalue weighted by Gasteiger charge is -2.03. The van der Waals surface area contributed by atoms with E-state index in [1.54, 1.807) is 30.3 Å². The zero-order chi connectivity index (χ0) is 16.8. The number of benzene rings is 2. The van der Waals surface area contributed by atoms with E-state index in [4.69, 9.17) is 0 Å². The number of hydrogen-bond donors (Lipinski definition) is 1. The second kappa shape index (κ2) is 7.08. The summed E-state index contributed by atoms with van der Waals surface area (Å²) in [5, 5.41) is 28.4. The number of nitrogens with zero attached hydrogens (tertiary/aromatic N) is 3. The van der Waals surface area contributed by atoms with E-state index < -0.39 is 10.7 Å². The first-order valence-corrected chi connectivity index (χ1v) is 6.65. The van der Waals surface area contributed by atoms with E-state index in [0.29, 0.717) is 5.56 Å². The number of rotatable bonds is 5. The van der Waals surface area contributed by atoms with Crippen LogP contribution >= 0.6 is 0 Å². The van der Waals surface area contributed by atoms with Crippen molar-refractivity contribution in [2.75, 3.05) is 0 Å². The first-order valence-electron chi connectivity index (χ1n) is 6.65. The molecule has 0 heterocycles. The summed E-state index contributed by atoms with van der Waals surface area (Å²) in [6.07, 6.45) is 0. The topological polar surface area (TPSA) is 105 Å². The van der Waals surface area contributed by atoms with Gasteiger partial charge in [0.1, 0.15) is 0 Å². The summed E-state index contributed by atoms with van der Waals surface area (Å²) in [6.45, 7) is 1.25. The number of carbonyl (C=O) groups is 1. The lowest BCUT2D eigenvalue weighted by atomic mass is 10.1. The van der Waals surface area contributed by atoms with Gasteiger partial charge in [0.2, 0.25) is 0 Å². The van der Waals surface area contributed by atoms with Crippen molar-refractivity contribution >= 4 is 22.9 Å². The summed E-state index contributed by atoms with van der Waals surface area (Å²) in [6, 6.07) is 14.0. The predicted molar refractivity (Wildman–Crippen MR) is 84.3 cm³/mol. The summed E-state index contributed by atoms with van der Waals surface area (Å²) >= 11 is 0. The van der Waals surface area contributed by atoms with Crippen LogP contribution in [0.15, 0.2) is 70.5 Å². The Bertz CT molecular complexity index is 798. The van der Waals surface area contributed by atoms with E-state index in [2.05, 4.69) is 10.2 Å². The van der Waals surface area contributed by atoms with Gasteiger partial charge in [-0.3, -0.25) is 14.9 Å². The molecule has 0 saturated carbocycles. The number of carbonyl (C=O) groups excluding carboxylic acids is 1. The number of allylic oxidation sites excluding steroid dienone is 1. The van der Waals surface area contributed by atoms with Gasteiger partial charge in [-0.2, -0.15) is 5.11 Å². The molecule has 0 spiro atoms. The molecule has 0 fully saturated rings. The highest BCUT2D eigenvalue weighted by atomic mass is 16.6. The maximum Gasteiger partial charge on any atom is 0.271 e. The molecule has 0 aliphatic rings. The number of nitro benzene ring substituents is 1. The number of azo groups is 1. The Morgan fingerprint density at radius 3 is 2.43 bits per heavy atom. The van der Waals surface area contributed by atoms with Gasteiger partial charge in [0.25, 0.3) is 5.69 Å². The summed E-state index contributed by atoms with van der Waals surface area (Å²) in [5.74, 6) is -0.771. The third-order valence-corrected chi connectivity index (χ3v) is 2.91. The van der Waals surface area contributed by atoms with E-state index in [1.165, 1.54) is 31.2 Å². The van der Waals surface area contributed by atoms with Crippen molar-refractivity contribution in [2.45, 2.75) is 6.92 Å². The molecule has 2 aromatic carbocycles. The molecule has 2 rings (SSSR count). The monoisotopic (exact) mass is 311 g/mol. The molecule has 0 aromatic heterocycles. The van der Waals surface area contributed by atoms with Gasteiger partial charge >= 0.3 is 0 Å². The molecule has 116 valence electrons. The minimum atomic E-state index is -0.553. The molecule has 23 heavy (non-hydrogen) atoms. The first kappa shape index (κ1) is 16.0. The molecule has 2 aromatic rings. The van der Waals surface area contributed by atoms with E-state index in [-0.39, 0.29) is 22.8 Å². The summed E-state index contributed by atoms with van der Waals surface area (Å²) in [7, 11) is 0. The summed E-state index contributed by atoms with van der Waals surface area (Å²) in [5.41, 5.74) is 0.277. The lowest BCUT2D eigenvalue weighted by Crippen LogP contribution is -1.98. The maximum atomic E-state index is 11.7. The van der Waals surface area contributed by atoms with Crippen molar-refractivity contribution in [3.63, 3.8) is 0 Å². The smallest absolute Gasteiger partial charge is 0.271 e. The van der Waals surface area contributed by atoms with E-state index >= 15 is 0 Å². The molecule has 0 saturated heterocycles. The van der Waals surface area contributed by atoms with Gasteiger partial charge in [0, 0.05) is 24.6 Å². The van der Waals surface area contributed by atoms with Crippen LogP contribution < -0.4 is 0 Å². The van der Waals surface area contributed by atoms with Gasteiger partial charge in [0.15, 0.2) is 17.2 Å². The molecule has 0 radical (unpaired) electrons. The van der Waals surface area contributed by atoms with Crippen LogP contribution in [0.3, 0.4) is 0 Å². The number of ketones is 1. The van der Waals surface area contributed by atoms with Crippen molar-refractivity contribution in [3.05, 3.63) is 76.0 Å². The summed E-state index contributed by atoms with van der Waals surface area (Å²) in [4.78, 5) is 21.8. The molecule has 0 unspecified atom stereocenters. The van der Waals surface area contributed by atoms with Crippen LogP contribution in [0.4, 0.5) is 11.4 Å². The maximum absolute atomic E-state index is 11.7. The fourth-order valence-electron chi connectivity index (χ4n) is 1.79. The number of nitro groups is 1. The van der Waals surface area contributed by atoms with E-state index in [0.717, 1.165) is 0 Å². The molecular weight excluding hydrogens is 298 g/mol. The Kier molecular flexibility index (Phi) is 4.93. The third-order valence-electron chi connectivity index (χ3n) is 2.91. The highest BCUT2D eigenvalue weighted by Crippen LogP contribution is 2.23. The predicted octanol–water partition coefficient (Wildman–Crippen LogP) is 4.19. The second-order valence-corrected chi connectivity index (χ2v) is 4.60. The number of Topliss-reactive ketones (excluding diaryl/α,β-unsaturated/α-hetero) is 1. The zero-order valence-corrected chi connectivity index (χ0v) is 12.2. The SMILES string of the molecule is CC(=O)/C(N=Nc1cccc([N+](=O)[O-])c1)=C(/O)c1ccccc1. The van der Waals surface area contributed by atoms with Crippen molar-refractivity contribution in [1.29, 1.82) is 0 Å². The minimum absolute atomic E-state index is 0.137. The fourth-order valence-corrected chi connectivity index (χ4v) is 1.79. The van der Waals surface area contributed by atoms with E-state index in [1.807, 2.05) is 0 Å². The van der Waals surface area contributed by atoms with Gasteiger partial charge in [-0.25, -0.2) is 0 Å². The Balaban J connectivity index is 2.39. The third kappa shape index (κ3) is 4.07. The van der Waals surface area contributed by atoms with Gasteiger partial charge < -0.3 is 5.11 Å². The fraction of sp³-hybridized carbons (Fsp3) is 0.0625. The molecular formula is C16H13N3O4. The quantitative estimate of drug-likeness (QED) is 0.294. The molecule has 7 heteroatoms. The Hall–Kier alpha value is -3.35. The van der Waals surface area contributed by atoms with Crippen LogP contribution in [0.25, 0.3) is 5.76 Å². The van der Waals surface area contributed by atoms with Gasteiger partial charge in [0.05, 0.1) is 10.6 Å². The van der Waals surface area contributed by atoms with Gasteiger partial charge in [-0.15, -0.1) is 5.11 Å². The first-order chi connectivity index (χ1) is 11.0. The van der Waals surface area contributed by atoms with Crippen molar-refractivity contribution in [2.24, 2.45) is 10.2 Å². The lowest BCUT2D eigenvalue weighted by molar-refractivity contribution is -0.384. The zero-order valence-electron chi connectivity index (χ0n) is 12.2. The van der Waals surface area contributed by atoms with Gasteiger partial charge in [-0.1, -0.05) is 36.4 Å². The van der Waals surface area contributed by atoms with Crippen molar-refractivity contribution in [3.8, 4) is 0 Å². The molecule has 0 aliphatic heterocycles. The molecule has 1 N–H and O–H groups in total. The van der Waals surface area contributed by atoms with Crippen molar-refractivity contribution in [1.82, 2.24) is 0 Å². The Labute approximate surface area is 131 Å². The number of hydrogen-bond acceptors (Lipinski definition) is 6. The minimum Gasteiger partial charge on any atom is -0.505 e. The van der Waals surface area contributed by atoms with E-state index in [9.17, 15) is 20.0 Å².